The van der Waals surface area contributed by atoms with E-state index < -0.39 is 6.17 Å². The van der Waals surface area contributed by atoms with Crippen LogP contribution in [0.3, 0.4) is 0 Å². The normalized spacial score (nSPS) is 26.7. The van der Waals surface area contributed by atoms with E-state index in [0.717, 1.165) is 25.7 Å². The second-order valence-corrected chi connectivity index (χ2v) is 8.14. The third-order valence-corrected chi connectivity index (χ3v) is 6.37. The topological polar surface area (TPSA) is 75.3 Å². The number of phenolic OH excluding ortho intramolecular Hbond substituents is 1. The van der Waals surface area contributed by atoms with Gasteiger partial charge in [-0.05, 0) is 55.7 Å². The second-order valence-electron chi connectivity index (χ2n) is 8.14. The number of alkyl halides is 1. The lowest BCUT2D eigenvalue weighted by molar-refractivity contribution is 0.144. The molecular formula is C21H23FN4O2. The van der Waals surface area contributed by atoms with Crippen LogP contribution >= 0.6 is 0 Å². The van der Waals surface area contributed by atoms with E-state index in [1.54, 1.807) is 25.1 Å². The molecule has 3 aromatic rings. The van der Waals surface area contributed by atoms with Crippen LogP contribution in [-0.2, 0) is 0 Å². The predicted molar refractivity (Wildman–Crippen MR) is 104 cm³/mol. The molecule has 28 heavy (non-hydrogen) atoms. The fourth-order valence-electron chi connectivity index (χ4n) is 4.88. The summed E-state index contributed by atoms with van der Waals surface area (Å²) >= 11 is 0. The van der Waals surface area contributed by atoms with Crippen molar-refractivity contribution in [2.75, 3.05) is 11.9 Å². The van der Waals surface area contributed by atoms with Crippen LogP contribution in [0.1, 0.15) is 31.6 Å². The Kier molecular flexibility index (Phi) is 4.00. The van der Waals surface area contributed by atoms with Gasteiger partial charge in [-0.2, -0.15) is 0 Å². The maximum atomic E-state index is 14.9. The highest BCUT2D eigenvalue weighted by Gasteiger charge is 2.44. The number of hydrogen-bond donors (Lipinski definition) is 1. The summed E-state index contributed by atoms with van der Waals surface area (Å²) in [4.78, 5) is 6.14. The minimum atomic E-state index is -0.814. The van der Waals surface area contributed by atoms with Crippen molar-refractivity contribution in [3.8, 4) is 17.0 Å². The van der Waals surface area contributed by atoms with Crippen LogP contribution in [0.15, 0.2) is 28.7 Å². The summed E-state index contributed by atoms with van der Waals surface area (Å²) in [6.07, 6.45) is 3.23. The molecule has 4 atom stereocenters. The van der Waals surface area contributed by atoms with E-state index in [-0.39, 0.29) is 17.7 Å². The van der Waals surface area contributed by atoms with Crippen molar-refractivity contribution in [3.05, 3.63) is 30.2 Å². The number of aryl methyl sites for hydroxylation is 1. The summed E-state index contributed by atoms with van der Waals surface area (Å²) in [6.45, 7) is 1.76. The van der Waals surface area contributed by atoms with Crippen LogP contribution in [0.4, 0.5) is 10.2 Å². The van der Waals surface area contributed by atoms with E-state index in [1.807, 2.05) is 18.0 Å². The molecule has 2 fully saturated rings. The zero-order valence-electron chi connectivity index (χ0n) is 16.0. The molecule has 0 saturated heterocycles. The van der Waals surface area contributed by atoms with Crippen molar-refractivity contribution < 1.29 is 13.9 Å². The standard InChI is InChI=1S/C21H23FN4O2/c1-11-23-16-10-18(27)14(9-19(16)28-11)15-5-6-20(25-24-15)26(2)17-8-12-3-4-13(7-12)21(17)22/h5-6,9-10,12-13,17,21,27H,3-4,7-8H2,1-2H3/t12-,13+,17+,21+/m0/s1. The first-order valence-corrected chi connectivity index (χ1v) is 9.81. The highest BCUT2D eigenvalue weighted by Crippen LogP contribution is 2.45. The molecule has 2 saturated carbocycles. The fourth-order valence-corrected chi connectivity index (χ4v) is 4.88. The average molecular weight is 382 g/mol. The van der Waals surface area contributed by atoms with Crippen LogP contribution in [0.5, 0.6) is 5.75 Å². The molecule has 0 spiro atoms. The number of oxazole rings is 1. The first-order valence-electron chi connectivity index (χ1n) is 9.81. The first kappa shape index (κ1) is 17.4. The van der Waals surface area contributed by atoms with Crippen LogP contribution in [0.2, 0.25) is 0 Å². The van der Waals surface area contributed by atoms with E-state index in [1.165, 1.54) is 0 Å². The molecule has 2 bridgehead atoms. The first-order chi connectivity index (χ1) is 13.5. The Morgan fingerprint density at radius 3 is 2.82 bits per heavy atom. The van der Waals surface area contributed by atoms with E-state index in [9.17, 15) is 9.50 Å². The Morgan fingerprint density at radius 1 is 1.18 bits per heavy atom. The van der Waals surface area contributed by atoms with Crippen molar-refractivity contribution in [3.63, 3.8) is 0 Å². The Hall–Kier alpha value is -2.70. The molecule has 7 heteroatoms. The minimum absolute atomic E-state index is 0.0730. The largest absolute Gasteiger partial charge is 0.507 e. The lowest BCUT2D eigenvalue weighted by Gasteiger charge is -2.38. The summed E-state index contributed by atoms with van der Waals surface area (Å²) < 4.78 is 20.4. The summed E-state index contributed by atoms with van der Waals surface area (Å²) in [6, 6.07) is 6.77. The molecule has 146 valence electrons. The molecule has 0 unspecified atom stereocenters. The zero-order chi connectivity index (χ0) is 19.4. The molecule has 2 heterocycles. The molecule has 6 nitrogen and oxygen atoms in total. The number of nitrogens with zero attached hydrogens (tertiary/aromatic N) is 4. The number of halogens is 1. The average Bonchev–Trinajstić information content (AvgIpc) is 3.26. The second kappa shape index (κ2) is 6.43. The van der Waals surface area contributed by atoms with Gasteiger partial charge in [-0.25, -0.2) is 9.37 Å². The van der Waals surface area contributed by atoms with Gasteiger partial charge in [-0.1, -0.05) is 0 Å². The number of aromatic hydroxyl groups is 1. The molecule has 1 N–H and O–H groups in total. The smallest absolute Gasteiger partial charge is 0.192 e. The fraction of sp³-hybridized carbons (Fsp3) is 0.476. The van der Waals surface area contributed by atoms with Gasteiger partial charge in [0.1, 0.15) is 17.4 Å². The molecule has 1 aromatic carbocycles. The van der Waals surface area contributed by atoms with Gasteiger partial charge < -0.3 is 14.4 Å². The predicted octanol–water partition coefficient (Wildman–Crippen LogP) is 4.26. The Balaban J connectivity index is 1.42. The molecule has 0 aliphatic heterocycles. The maximum Gasteiger partial charge on any atom is 0.192 e. The zero-order valence-corrected chi connectivity index (χ0v) is 16.0. The third-order valence-electron chi connectivity index (χ3n) is 6.37. The molecule has 0 amide bonds. The van der Waals surface area contributed by atoms with Crippen molar-refractivity contribution in [2.45, 2.75) is 44.8 Å². The van der Waals surface area contributed by atoms with Gasteiger partial charge in [-0.3, -0.25) is 0 Å². The van der Waals surface area contributed by atoms with Gasteiger partial charge >= 0.3 is 0 Å². The van der Waals surface area contributed by atoms with Gasteiger partial charge in [-0.15, -0.1) is 10.2 Å². The van der Waals surface area contributed by atoms with Crippen LogP contribution in [-0.4, -0.2) is 39.5 Å². The molecule has 2 aromatic heterocycles. The number of anilines is 1. The molecule has 5 rings (SSSR count). The maximum absolute atomic E-state index is 14.9. The lowest BCUT2D eigenvalue weighted by Crippen LogP contribution is -2.46. The van der Waals surface area contributed by atoms with Crippen molar-refractivity contribution >= 4 is 16.9 Å². The monoisotopic (exact) mass is 382 g/mol. The van der Waals surface area contributed by atoms with Crippen molar-refractivity contribution in [1.82, 2.24) is 15.2 Å². The highest BCUT2D eigenvalue weighted by atomic mass is 19.1. The van der Waals surface area contributed by atoms with Crippen molar-refractivity contribution in [2.24, 2.45) is 11.8 Å². The van der Waals surface area contributed by atoms with Crippen LogP contribution < -0.4 is 4.90 Å². The lowest BCUT2D eigenvalue weighted by atomic mass is 9.83. The van der Waals surface area contributed by atoms with E-state index in [0.29, 0.717) is 40.0 Å². The highest BCUT2D eigenvalue weighted by molar-refractivity contribution is 5.83. The number of rotatable bonds is 3. The Bertz CT molecular complexity index is 1020. The Morgan fingerprint density at radius 2 is 2.04 bits per heavy atom. The number of fused-ring (bicyclic) bond motifs is 3. The minimum Gasteiger partial charge on any atom is -0.507 e. The Labute approximate surface area is 162 Å². The number of phenols is 1. The summed E-state index contributed by atoms with van der Waals surface area (Å²) in [7, 11) is 1.90. The molecule has 2 aliphatic rings. The van der Waals surface area contributed by atoms with Crippen LogP contribution in [0, 0.1) is 18.8 Å². The van der Waals surface area contributed by atoms with Crippen LogP contribution in [0.25, 0.3) is 22.4 Å². The number of hydrogen-bond acceptors (Lipinski definition) is 6. The SMILES string of the molecule is Cc1nc2cc(O)c(-c3ccc(N(C)[C@@H]4C[C@H]5CC[C@H](C5)[C@H]4F)nn3)cc2o1. The summed E-state index contributed by atoms with van der Waals surface area (Å²) in [5.41, 5.74) is 2.26. The van der Waals surface area contributed by atoms with E-state index in [2.05, 4.69) is 15.2 Å². The van der Waals surface area contributed by atoms with Gasteiger partial charge in [0.15, 0.2) is 17.3 Å². The number of aromatic nitrogens is 3. The summed E-state index contributed by atoms with van der Waals surface area (Å²) in [5.74, 6) is 2.08. The molecule has 2 aliphatic carbocycles. The third kappa shape index (κ3) is 2.80. The van der Waals surface area contributed by atoms with Crippen molar-refractivity contribution in [1.29, 1.82) is 0 Å². The molecular weight excluding hydrogens is 359 g/mol. The number of benzene rings is 1. The summed E-state index contributed by atoms with van der Waals surface area (Å²) in [5, 5.41) is 18.9. The van der Waals surface area contributed by atoms with E-state index >= 15 is 0 Å². The van der Waals surface area contributed by atoms with Gasteiger partial charge in [0.05, 0.1) is 11.7 Å². The quantitative estimate of drug-likeness (QED) is 0.729. The van der Waals surface area contributed by atoms with E-state index in [4.69, 9.17) is 4.42 Å². The van der Waals surface area contributed by atoms with Gasteiger partial charge in [0.2, 0.25) is 0 Å². The van der Waals surface area contributed by atoms with Gasteiger partial charge in [0, 0.05) is 25.6 Å². The van der Waals surface area contributed by atoms with Gasteiger partial charge in [0.25, 0.3) is 0 Å². The molecule has 0 radical (unpaired) electrons.